The van der Waals surface area contributed by atoms with Crippen LogP contribution in [-0.2, 0) is 0 Å². The molecule has 1 aromatic heterocycles. The van der Waals surface area contributed by atoms with Crippen molar-refractivity contribution < 1.29 is 5.21 Å². The number of hydrogen-bond acceptors (Lipinski definition) is 3. The lowest BCUT2D eigenvalue weighted by Crippen LogP contribution is -1.84. The van der Waals surface area contributed by atoms with E-state index in [4.69, 9.17) is 5.21 Å². The van der Waals surface area contributed by atoms with E-state index in [2.05, 4.69) is 10.1 Å². The summed E-state index contributed by atoms with van der Waals surface area (Å²) in [6.07, 6.45) is 3.03. The maximum absolute atomic E-state index is 8.33. The topological polar surface area (TPSA) is 45.5 Å². The summed E-state index contributed by atoms with van der Waals surface area (Å²) >= 11 is 0. The molecule has 1 N–H and O–H groups in total. The zero-order chi connectivity index (χ0) is 9.10. The van der Waals surface area contributed by atoms with Gasteiger partial charge in [0.2, 0.25) is 0 Å². The van der Waals surface area contributed by atoms with E-state index < -0.39 is 0 Å². The van der Waals surface area contributed by atoms with Crippen molar-refractivity contribution in [3.8, 4) is 0 Å². The SMILES string of the molecule is ON=Cc1cnc2ccccc2c1. The number of nitrogens with zero attached hydrogens (tertiary/aromatic N) is 2. The van der Waals surface area contributed by atoms with Crippen LogP contribution in [-0.4, -0.2) is 16.4 Å². The van der Waals surface area contributed by atoms with Crippen molar-refractivity contribution >= 4 is 17.1 Å². The van der Waals surface area contributed by atoms with Gasteiger partial charge in [0.25, 0.3) is 0 Å². The molecule has 0 spiro atoms. The number of oxime groups is 1. The van der Waals surface area contributed by atoms with Crippen LogP contribution in [0.3, 0.4) is 0 Å². The van der Waals surface area contributed by atoms with Gasteiger partial charge >= 0.3 is 0 Å². The van der Waals surface area contributed by atoms with Gasteiger partial charge in [-0.2, -0.15) is 0 Å². The van der Waals surface area contributed by atoms with E-state index in [1.807, 2.05) is 30.3 Å². The first-order valence-electron chi connectivity index (χ1n) is 3.92. The van der Waals surface area contributed by atoms with E-state index in [0.29, 0.717) is 0 Å². The van der Waals surface area contributed by atoms with Gasteiger partial charge in [-0.25, -0.2) is 0 Å². The Bertz CT molecular complexity index is 451. The predicted octanol–water partition coefficient (Wildman–Crippen LogP) is 2.04. The largest absolute Gasteiger partial charge is 0.411 e. The van der Waals surface area contributed by atoms with Crippen molar-refractivity contribution in [2.75, 3.05) is 0 Å². The average Bonchev–Trinajstić information content (AvgIpc) is 2.18. The molecule has 0 saturated carbocycles. The highest BCUT2D eigenvalue weighted by Gasteiger charge is 1.93. The minimum absolute atomic E-state index is 0.793. The number of pyridine rings is 1. The van der Waals surface area contributed by atoms with Crippen LogP contribution in [0.4, 0.5) is 0 Å². The molecule has 13 heavy (non-hydrogen) atoms. The Morgan fingerprint density at radius 1 is 1.31 bits per heavy atom. The van der Waals surface area contributed by atoms with Crippen molar-refractivity contribution in [1.82, 2.24) is 4.98 Å². The van der Waals surface area contributed by atoms with Gasteiger partial charge in [-0.05, 0) is 12.1 Å². The van der Waals surface area contributed by atoms with Gasteiger partial charge < -0.3 is 5.21 Å². The molecule has 0 unspecified atom stereocenters. The quantitative estimate of drug-likeness (QED) is 0.406. The lowest BCUT2D eigenvalue weighted by Gasteiger charge is -1.96. The Morgan fingerprint density at radius 2 is 2.15 bits per heavy atom. The zero-order valence-corrected chi connectivity index (χ0v) is 6.88. The molecule has 0 atom stereocenters. The van der Waals surface area contributed by atoms with E-state index in [0.717, 1.165) is 16.5 Å². The van der Waals surface area contributed by atoms with E-state index in [1.165, 1.54) is 6.21 Å². The molecule has 2 rings (SSSR count). The molecule has 2 aromatic rings. The molecular weight excluding hydrogens is 164 g/mol. The van der Waals surface area contributed by atoms with E-state index in [1.54, 1.807) is 6.20 Å². The Balaban J connectivity index is 2.62. The van der Waals surface area contributed by atoms with Crippen LogP contribution in [0.5, 0.6) is 0 Å². The van der Waals surface area contributed by atoms with Crippen LogP contribution in [0.25, 0.3) is 10.9 Å². The molecular formula is C10H8N2O. The van der Waals surface area contributed by atoms with Gasteiger partial charge in [0, 0.05) is 17.1 Å². The monoisotopic (exact) mass is 172 g/mol. The summed E-state index contributed by atoms with van der Waals surface area (Å²) in [6.45, 7) is 0. The highest BCUT2D eigenvalue weighted by molar-refractivity contribution is 5.87. The molecule has 1 aromatic carbocycles. The number of para-hydroxylation sites is 1. The molecule has 0 aliphatic carbocycles. The molecule has 3 heteroatoms. The first kappa shape index (κ1) is 7.73. The lowest BCUT2D eigenvalue weighted by atomic mass is 10.2. The van der Waals surface area contributed by atoms with Crippen molar-refractivity contribution in [3.63, 3.8) is 0 Å². The summed E-state index contributed by atoms with van der Waals surface area (Å²) < 4.78 is 0. The molecule has 0 aliphatic heterocycles. The average molecular weight is 172 g/mol. The third kappa shape index (κ3) is 1.49. The summed E-state index contributed by atoms with van der Waals surface area (Å²) in [7, 11) is 0. The van der Waals surface area contributed by atoms with Crippen molar-refractivity contribution in [3.05, 3.63) is 42.1 Å². The second-order valence-corrected chi connectivity index (χ2v) is 2.71. The third-order valence-corrected chi connectivity index (χ3v) is 1.82. The molecule has 0 amide bonds. The molecule has 3 nitrogen and oxygen atoms in total. The minimum atomic E-state index is 0.793. The maximum Gasteiger partial charge on any atom is 0.0749 e. The van der Waals surface area contributed by atoms with E-state index in [-0.39, 0.29) is 0 Å². The van der Waals surface area contributed by atoms with Crippen LogP contribution in [0, 0.1) is 0 Å². The van der Waals surface area contributed by atoms with Gasteiger partial charge in [-0.15, -0.1) is 0 Å². The normalized spacial score (nSPS) is 11.1. The first-order chi connectivity index (χ1) is 6.40. The Morgan fingerprint density at radius 3 is 3.00 bits per heavy atom. The van der Waals surface area contributed by atoms with Gasteiger partial charge in [-0.3, -0.25) is 4.98 Å². The van der Waals surface area contributed by atoms with Gasteiger partial charge in [-0.1, -0.05) is 23.4 Å². The van der Waals surface area contributed by atoms with E-state index >= 15 is 0 Å². The Hall–Kier alpha value is -1.90. The highest BCUT2D eigenvalue weighted by atomic mass is 16.4. The van der Waals surface area contributed by atoms with Gasteiger partial charge in [0.1, 0.15) is 0 Å². The Labute approximate surface area is 75.3 Å². The number of hydrogen-bond donors (Lipinski definition) is 1. The smallest absolute Gasteiger partial charge is 0.0749 e. The minimum Gasteiger partial charge on any atom is -0.411 e. The van der Waals surface area contributed by atoms with E-state index in [9.17, 15) is 0 Å². The fourth-order valence-electron chi connectivity index (χ4n) is 1.23. The molecule has 0 radical (unpaired) electrons. The van der Waals surface area contributed by atoms with Gasteiger partial charge in [0.15, 0.2) is 0 Å². The summed E-state index contributed by atoms with van der Waals surface area (Å²) in [5.41, 5.74) is 1.73. The van der Waals surface area contributed by atoms with Crippen LogP contribution in [0.2, 0.25) is 0 Å². The molecule has 0 aliphatic rings. The predicted molar refractivity (Wildman–Crippen MR) is 51.1 cm³/mol. The fourth-order valence-corrected chi connectivity index (χ4v) is 1.23. The second-order valence-electron chi connectivity index (χ2n) is 2.71. The van der Waals surface area contributed by atoms with Crippen LogP contribution >= 0.6 is 0 Å². The second kappa shape index (κ2) is 3.23. The maximum atomic E-state index is 8.33. The van der Waals surface area contributed by atoms with Crippen molar-refractivity contribution in [2.45, 2.75) is 0 Å². The Kier molecular flexibility index (Phi) is 1.92. The standard InChI is InChI=1S/C10H8N2O/c13-12-7-8-5-9-3-1-2-4-10(9)11-6-8/h1-7,13H. The lowest BCUT2D eigenvalue weighted by molar-refractivity contribution is 0.322. The summed E-state index contributed by atoms with van der Waals surface area (Å²) in [4.78, 5) is 4.20. The first-order valence-corrected chi connectivity index (χ1v) is 3.92. The number of aromatic nitrogens is 1. The molecule has 0 bridgehead atoms. The van der Waals surface area contributed by atoms with Crippen LogP contribution < -0.4 is 0 Å². The summed E-state index contributed by atoms with van der Waals surface area (Å²) in [5, 5.41) is 12.3. The third-order valence-electron chi connectivity index (χ3n) is 1.82. The molecule has 64 valence electrons. The van der Waals surface area contributed by atoms with Crippen LogP contribution in [0.1, 0.15) is 5.56 Å². The molecule has 0 saturated heterocycles. The number of benzene rings is 1. The van der Waals surface area contributed by atoms with Gasteiger partial charge in [0.05, 0.1) is 11.7 Å². The summed E-state index contributed by atoms with van der Waals surface area (Å²) in [5.74, 6) is 0. The molecule has 0 fully saturated rings. The zero-order valence-electron chi connectivity index (χ0n) is 6.88. The highest BCUT2D eigenvalue weighted by Crippen LogP contribution is 2.11. The van der Waals surface area contributed by atoms with Crippen molar-refractivity contribution in [1.29, 1.82) is 0 Å². The fraction of sp³-hybridized carbons (Fsp3) is 0. The number of fused-ring (bicyclic) bond motifs is 1. The van der Waals surface area contributed by atoms with Crippen LogP contribution in [0.15, 0.2) is 41.7 Å². The number of rotatable bonds is 1. The molecule has 1 heterocycles. The summed E-state index contributed by atoms with van der Waals surface area (Å²) in [6, 6.07) is 9.72. The van der Waals surface area contributed by atoms with Crippen molar-refractivity contribution in [2.24, 2.45) is 5.16 Å².